The van der Waals surface area contributed by atoms with Crippen molar-refractivity contribution in [1.82, 2.24) is 4.90 Å². The van der Waals surface area contributed by atoms with Crippen LogP contribution in [0.15, 0.2) is 0 Å². The van der Waals surface area contributed by atoms with E-state index in [1.165, 1.54) is 32.1 Å². The molecule has 0 aromatic rings. The molecule has 64 valence electrons. The number of rotatable bonds is 3. The molecule has 0 aromatic heterocycles. The van der Waals surface area contributed by atoms with Crippen LogP contribution < -0.4 is 5.73 Å². The van der Waals surface area contributed by atoms with Gasteiger partial charge in [-0.1, -0.05) is 0 Å². The number of nitrogens with two attached hydrogens (primary N) is 1. The fourth-order valence-electron chi connectivity index (χ4n) is 1.92. The van der Waals surface area contributed by atoms with Gasteiger partial charge in [-0.2, -0.15) is 0 Å². The minimum absolute atomic E-state index is 0.237. The maximum atomic E-state index is 6.08. The first-order valence-electron chi connectivity index (χ1n) is 4.53. The van der Waals surface area contributed by atoms with Crippen molar-refractivity contribution in [2.24, 2.45) is 5.73 Å². The molecule has 2 saturated carbocycles. The first kappa shape index (κ1) is 7.56. The van der Waals surface area contributed by atoms with Crippen molar-refractivity contribution in [3.05, 3.63) is 0 Å². The van der Waals surface area contributed by atoms with Crippen molar-refractivity contribution in [2.45, 2.75) is 43.2 Å². The van der Waals surface area contributed by atoms with E-state index in [1.807, 2.05) is 0 Å². The molecule has 2 aliphatic rings. The first-order valence-corrected chi connectivity index (χ1v) is 4.53. The van der Waals surface area contributed by atoms with E-state index in [4.69, 9.17) is 5.73 Å². The van der Waals surface area contributed by atoms with Gasteiger partial charge in [0.25, 0.3) is 0 Å². The average molecular weight is 154 g/mol. The monoisotopic (exact) mass is 154 g/mol. The lowest BCUT2D eigenvalue weighted by Gasteiger charge is -2.26. The van der Waals surface area contributed by atoms with Crippen LogP contribution in [0.2, 0.25) is 0 Å². The minimum atomic E-state index is 0.237. The highest BCUT2D eigenvalue weighted by Gasteiger charge is 2.53. The van der Waals surface area contributed by atoms with Gasteiger partial charge >= 0.3 is 0 Å². The second kappa shape index (κ2) is 1.99. The maximum absolute atomic E-state index is 6.08. The van der Waals surface area contributed by atoms with Gasteiger partial charge in [0, 0.05) is 11.1 Å². The molecule has 0 aromatic carbocycles. The summed E-state index contributed by atoms with van der Waals surface area (Å²) in [4.78, 5) is 2.36. The lowest BCUT2D eigenvalue weighted by Crippen LogP contribution is -2.38. The summed E-state index contributed by atoms with van der Waals surface area (Å²) in [6.45, 7) is 0. The van der Waals surface area contributed by atoms with Gasteiger partial charge < -0.3 is 10.6 Å². The Morgan fingerprint density at radius 2 is 1.73 bits per heavy atom. The molecule has 2 nitrogen and oxygen atoms in total. The van der Waals surface area contributed by atoms with Crippen molar-refractivity contribution < 1.29 is 0 Å². The summed E-state index contributed by atoms with van der Waals surface area (Å²) in [5, 5.41) is 0. The molecular weight excluding hydrogens is 136 g/mol. The predicted octanol–water partition coefficient (Wildman–Crippen LogP) is 0.962. The van der Waals surface area contributed by atoms with Crippen molar-refractivity contribution in [2.75, 3.05) is 14.1 Å². The lowest BCUT2D eigenvalue weighted by atomic mass is 10.0. The highest BCUT2D eigenvalue weighted by atomic mass is 15.2. The molecule has 0 spiro atoms. The number of hydrogen-bond acceptors (Lipinski definition) is 2. The summed E-state index contributed by atoms with van der Waals surface area (Å²) >= 11 is 0. The smallest absolute Gasteiger partial charge is 0.0222 e. The quantitative estimate of drug-likeness (QED) is 0.656. The van der Waals surface area contributed by atoms with Crippen LogP contribution in [0.5, 0.6) is 0 Å². The van der Waals surface area contributed by atoms with E-state index in [0.29, 0.717) is 5.54 Å². The van der Waals surface area contributed by atoms with Crippen LogP contribution in [-0.2, 0) is 0 Å². The Balaban J connectivity index is 1.94. The van der Waals surface area contributed by atoms with E-state index in [9.17, 15) is 0 Å². The second-order valence-electron chi connectivity index (χ2n) is 4.66. The van der Waals surface area contributed by atoms with E-state index in [2.05, 4.69) is 19.0 Å². The van der Waals surface area contributed by atoms with E-state index in [1.54, 1.807) is 0 Å². The third-order valence-electron chi connectivity index (χ3n) is 3.35. The van der Waals surface area contributed by atoms with Crippen LogP contribution in [0.4, 0.5) is 0 Å². The van der Waals surface area contributed by atoms with Crippen molar-refractivity contribution in [3.8, 4) is 0 Å². The highest BCUT2D eigenvalue weighted by molar-refractivity contribution is 5.12. The highest BCUT2D eigenvalue weighted by Crippen LogP contribution is 2.51. The largest absolute Gasteiger partial charge is 0.325 e. The maximum Gasteiger partial charge on any atom is 0.0222 e. The fraction of sp³-hybridized carbons (Fsp3) is 1.00. The minimum Gasteiger partial charge on any atom is -0.325 e. The molecule has 2 fully saturated rings. The molecule has 0 unspecified atom stereocenters. The van der Waals surface area contributed by atoms with Gasteiger partial charge in [-0.25, -0.2) is 0 Å². The summed E-state index contributed by atoms with van der Waals surface area (Å²) in [6.07, 6.45) is 6.45. The van der Waals surface area contributed by atoms with Crippen LogP contribution in [0.3, 0.4) is 0 Å². The molecule has 0 saturated heterocycles. The summed E-state index contributed by atoms with van der Waals surface area (Å²) in [6, 6.07) is 0. The van der Waals surface area contributed by atoms with Gasteiger partial charge in [-0.05, 0) is 46.2 Å². The SMILES string of the molecule is CN(C)C1(CC2(N)CC2)CC1. The van der Waals surface area contributed by atoms with Gasteiger partial charge in [-0.15, -0.1) is 0 Å². The normalized spacial score (nSPS) is 30.5. The van der Waals surface area contributed by atoms with Crippen LogP contribution in [0.25, 0.3) is 0 Å². The van der Waals surface area contributed by atoms with Crippen LogP contribution in [0.1, 0.15) is 32.1 Å². The van der Waals surface area contributed by atoms with Crippen molar-refractivity contribution in [1.29, 1.82) is 0 Å². The predicted molar refractivity (Wildman–Crippen MR) is 46.4 cm³/mol. The molecule has 0 aliphatic heterocycles. The fourth-order valence-corrected chi connectivity index (χ4v) is 1.92. The summed E-state index contributed by atoms with van der Waals surface area (Å²) in [7, 11) is 4.36. The van der Waals surface area contributed by atoms with Gasteiger partial charge in [0.05, 0.1) is 0 Å². The van der Waals surface area contributed by atoms with Crippen LogP contribution in [0, 0.1) is 0 Å². The Morgan fingerprint density at radius 3 is 2.00 bits per heavy atom. The van der Waals surface area contributed by atoms with Crippen LogP contribution >= 0.6 is 0 Å². The number of nitrogens with zero attached hydrogens (tertiary/aromatic N) is 1. The Morgan fingerprint density at radius 1 is 1.18 bits per heavy atom. The summed E-state index contributed by atoms with van der Waals surface area (Å²) < 4.78 is 0. The topological polar surface area (TPSA) is 29.3 Å². The molecule has 0 radical (unpaired) electrons. The molecule has 2 N–H and O–H groups in total. The molecule has 0 amide bonds. The van der Waals surface area contributed by atoms with Gasteiger partial charge in [0.2, 0.25) is 0 Å². The lowest BCUT2D eigenvalue weighted by molar-refractivity contribution is 0.237. The van der Waals surface area contributed by atoms with Crippen molar-refractivity contribution >= 4 is 0 Å². The molecule has 2 aliphatic carbocycles. The van der Waals surface area contributed by atoms with Crippen molar-refractivity contribution in [3.63, 3.8) is 0 Å². The van der Waals surface area contributed by atoms with E-state index in [0.717, 1.165) is 0 Å². The summed E-state index contributed by atoms with van der Waals surface area (Å²) in [5.41, 5.74) is 6.83. The zero-order valence-corrected chi connectivity index (χ0v) is 7.56. The molecule has 0 atom stereocenters. The third kappa shape index (κ3) is 1.30. The molecule has 2 rings (SSSR count). The molecule has 0 heterocycles. The Kier molecular flexibility index (Phi) is 1.37. The second-order valence-corrected chi connectivity index (χ2v) is 4.66. The van der Waals surface area contributed by atoms with Gasteiger partial charge in [-0.3, -0.25) is 0 Å². The first-order chi connectivity index (χ1) is 5.06. The van der Waals surface area contributed by atoms with E-state index < -0.39 is 0 Å². The Bertz CT molecular complexity index is 166. The summed E-state index contributed by atoms with van der Waals surface area (Å²) in [5.74, 6) is 0. The zero-order chi connectivity index (χ0) is 8.11. The number of hydrogen-bond donors (Lipinski definition) is 1. The van der Waals surface area contributed by atoms with Gasteiger partial charge in [0.15, 0.2) is 0 Å². The van der Waals surface area contributed by atoms with Gasteiger partial charge in [0.1, 0.15) is 0 Å². The van der Waals surface area contributed by atoms with Crippen LogP contribution in [-0.4, -0.2) is 30.1 Å². The standard InChI is InChI=1S/C9H18N2/c1-11(2)9(5-6-9)7-8(10)3-4-8/h3-7,10H2,1-2H3. The molecule has 2 heteroatoms. The zero-order valence-electron chi connectivity index (χ0n) is 7.56. The van der Waals surface area contributed by atoms with E-state index >= 15 is 0 Å². The molecular formula is C9H18N2. The average Bonchev–Trinajstić information content (AvgIpc) is 2.74. The van der Waals surface area contributed by atoms with E-state index in [-0.39, 0.29) is 5.54 Å². The third-order valence-corrected chi connectivity index (χ3v) is 3.35. The molecule has 11 heavy (non-hydrogen) atoms. The molecule has 0 bridgehead atoms. The Hall–Kier alpha value is -0.0800. The Labute approximate surface area is 68.7 Å².